The zero-order valence-corrected chi connectivity index (χ0v) is 24.1. The van der Waals surface area contributed by atoms with Crippen molar-refractivity contribution in [1.82, 2.24) is 15.3 Å². The van der Waals surface area contributed by atoms with Crippen LogP contribution in [0.25, 0.3) is 5.57 Å². The molecular weight excluding hydrogens is 500 g/mol. The molecule has 2 aromatic rings. The number of nitrogens with one attached hydrogen (secondary N) is 3. The molecule has 2 unspecified atom stereocenters. The summed E-state index contributed by atoms with van der Waals surface area (Å²) in [6, 6.07) is 7.98. The van der Waals surface area contributed by atoms with Gasteiger partial charge in [-0.2, -0.15) is 0 Å². The molecule has 3 fully saturated rings. The highest BCUT2D eigenvalue weighted by Gasteiger charge is 2.26. The van der Waals surface area contributed by atoms with Crippen molar-refractivity contribution in [2.24, 2.45) is 17.6 Å². The highest BCUT2D eigenvalue weighted by atomic mass is 16.3. The zero-order valence-electron chi connectivity index (χ0n) is 24.1. The molecule has 0 bridgehead atoms. The van der Waals surface area contributed by atoms with Crippen LogP contribution in [-0.2, 0) is 0 Å². The Bertz CT molecular complexity index is 1200. The third-order valence-electron chi connectivity index (χ3n) is 9.01. The number of hydrogen-bond acceptors (Lipinski definition) is 7. The summed E-state index contributed by atoms with van der Waals surface area (Å²) in [7, 11) is 0. The molecule has 5 rings (SSSR count). The van der Waals surface area contributed by atoms with Gasteiger partial charge in [0.15, 0.2) is 5.82 Å². The Morgan fingerprint density at radius 2 is 1.73 bits per heavy atom. The first-order valence-corrected chi connectivity index (χ1v) is 15.3. The van der Waals surface area contributed by atoms with E-state index in [2.05, 4.69) is 22.9 Å². The number of aliphatic hydroxyl groups is 1. The summed E-state index contributed by atoms with van der Waals surface area (Å²) in [5, 5.41) is 20.7. The second-order valence-electron chi connectivity index (χ2n) is 12.1. The molecule has 6 N–H and O–H groups in total. The van der Waals surface area contributed by atoms with Crippen LogP contribution < -0.4 is 21.7 Å². The van der Waals surface area contributed by atoms with Crippen molar-refractivity contribution in [1.29, 1.82) is 0 Å². The van der Waals surface area contributed by atoms with Crippen LogP contribution in [0.5, 0.6) is 0 Å². The van der Waals surface area contributed by atoms with Crippen LogP contribution >= 0.6 is 0 Å². The molecule has 3 aliphatic rings. The Morgan fingerprint density at radius 3 is 2.40 bits per heavy atom. The van der Waals surface area contributed by atoms with E-state index in [4.69, 9.17) is 15.7 Å². The molecule has 1 amide bonds. The number of benzene rings is 1. The molecule has 1 heterocycles. The van der Waals surface area contributed by atoms with Crippen molar-refractivity contribution >= 4 is 23.1 Å². The fourth-order valence-corrected chi connectivity index (χ4v) is 6.17. The number of nitrogens with zero attached hydrogens (tertiary/aromatic N) is 2. The lowest BCUT2D eigenvalue weighted by Gasteiger charge is -2.29. The van der Waals surface area contributed by atoms with Crippen molar-refractivity contribution < 1.29 is 9.90 Å². The van der Waals surface area contributed by atoms with Gasteiger partial charge in [0.05, 0.1) is 12.1 Å². The lowest BCUT2D eigenvalue weighted by atomic mass is 9.81. The monoisotopic (exact) mass is 546 g/mol. The first-order valence-electron chi connectivity index (χ1n) is 15.3. The first kappa shape index (κ1) is 28.4. The largest absolute Gasteiger partial charge is 0.404 e. The number of aliphatic hydroxyl groups excluding tert-OH is 1. The van der Waals surface area contributed by atoms with Crippen LogP contribution in [0.4, 0.5) is 11.6 Å². The van der Waals surface area contributed by atoms with Crippen molar-refractivity contribution in [3.05, 3.63) is 53.0 Å². The fourth-order valence-electron chi connectivity index (χ4n) is 6.17. The number of aromatic nitrogens is 2. The lowest BCUT2D eigenvalue weighted by molar-refractivity contribution is 0.0950. The van der Waals surface area contributed by atoms with Crippen molar-refractivity contribution in [3.8, 4) is 0 Å². The smallest absolute Gasteiger partial charge is 0.251 e. The van der Waals surface area contributed by atoms with E-state index in [9.17, 15) is 9.90 Å². The number of amides is 1. The van der Waals surface area contributed by atoms with Gasteiger partial charge in [0.1, 0.15) is 11.6 Å². The minimum atomic E-state index is -0.390. The SMILES string of the molecule is CCC1CCC(CNc2cc(NC3CCCCC3O)nc(C(=CN)c3ccc(C(=O)NC4CC4)c(C)c3)n2)CC1. The molecule has 8 heteroatoms. The molecule has 3 saturated carbocycles. The van der Waals surface area contributed by atoms with Gasteiger partial charge in [0.2, 0.25) is 0 Å². The normalized spacial score (nSPS) is 25.3. The summed E-state index contributed by atoms with van der Waals surface area (Å²) in [6.45, 7) is 5.12. The summed E-state index contributed by atoms with van der Waals surface area (Å²) >= 11 is 0. The first-order chi connectivity index (χ1) is 19.4. The predicted octanol–water partition coefficient (Wildman–Crippen LogP) is 5.37. The van der Waals surface area contributed by atoms with Gasteiger partial charge in [-0.3, -0.25) is 4.79 Å². The number of carbonyl (C=O) groups excluding carboxylic acids is 1. The van der Waals surface area contributed by atoms with Gasteiger partial charge in [-0.05, 0) is 74.5 Å². The quantitative estimate of drug-likeness (QED) is 0.271. The number of aryl methyl sites for hydroxylation is 1. The molecule has 216 valence electrons. The summed E-state index contributed by atoms with van der Waals surface area (Å²) in [5.41, 5.74) is 9.31. The predicted molar refractivity (Wildman–Crippen MR) is 161 cm³/mol. The van der Waals surface area contributed by atoms with E-state index >= 15 is 0 Å². The molecule has 3 aliphatic carbocycles. The van der Waals surface area contributed by atoms with Gasteiger partial charge >= 0.3 is 0 Å². The van der Waals surface area contributed by atoms with E-state index in [1.807, 2.05) is 31.2 Å². The molecule has 40 heavy (non-hydrogen) atoms. The minimum absolute atomic E-state index is 0.0298. The number of nitrogens with two attached hydrogens (primary N) is 1. The molecule has 1 aromatic carbocycles. The van der Waals surface area contributed by atoms with E-state index in [1.165, 1.54) is 32.1 Å². The standard InChI is InChI=1S/C32H46N6O2/c1-3-21-8-10-22(11-9-21)19-34-29-17-30(36-27-6-4-5-7-28(27)39)38-31(37-29)26(18-33)23-12-15-25(20(2)16-23)32(40)35-24-13-14-24/h12,15-18,21-22,24,27-28,39H,3-11,13-14,19,33H2,1-2H3,(H,35,40)(H2,34,36,37,38). The van der Waals surface area contributed by atoms with Crippen LogP contribution in [0.3, 0.4) is 0 Å². The van der Waals surface area contributed by atoms with E-state index in [0.29, 0.717) is 34.7 Å². The van der Waals surface area contributed by atoms with E-state index < -0.39 is 0 Å². The third-order valence-corrected chi connectivity index (χ3v) is 9.01. The number of hydrogen-bond donors (Lipinski definition) is 5. The molecular formula is C32H46N6O2. The zero-order chi connectivity index (χ0) is 28.1. The van der Waals surface area contributed by atoms with Gasteiger partial charge < -0.3 is 26.8 Å². The Kier molecular flexibility index (Phi) is 9.25. The summed E-state index contributed by atoms with van der Waals surface area (Å²) in [4.78, 5) is 22.4. The van der Waals surface area contributed by atoms with Crippen LogP contribution in [0.15, 0.2) is 30.5 Å². The molecule has 0 aliphatic heterocycles. The minimum Gasteiger partial charge on any atom is -0.404 e. The average molecular weight is 547 g/mol. The van der Waals surface area contributed by atoms with Crippen LogP contribution in [0, 0.1) is 18.8 Å². The Morgan fingerprint density at radius 1 is 1.00 bits per heavy atom. The molecule has 2 atom stereocenters. The van der Waals surface area contributed by atoms with E-state index in [0.717, 1.165) is 67.9 Å². The maximum Gasteiger partial charge on any atom is 0.251 e. The number of rotatable bonds is 10. The van der Waals surface area contributed by atoms with Crippen molar-refractivity contribution in [2.45, 2.75) is 103 Å². The lowest BCUT2D eigenvalue weighted by Crippen LogP contribution is -2.36. The highest BCUT2D eigenvalue weighted by Crippen LogP contribution is 2.32. The molecule has 0 saturated heterocycles. The summed E-state index contributed by atoms with van der Waals surface area (Å²) < 4.78 is 0. The van der Waals surface area contributed by atoms with Crippen molar-refractivity contribution in [2.75, 3.05) is 17.2 Å². The fraction of sp³-hybridized carbons (Fsp3) is 0.594. The Balaban J connectivity index is 1.38. The summed E-state index contributed by atoms with van der Waals surface area (Å²) in [5.74, 6) is 3.43. The maximum absolute atomic E-state index is 12.7. The van der Waals surface area contributed by atoms with Gasteiger partial charge in [0.25, 0.3) is 5.91 Å². The number of carbonyl (C=O) groups is 1. The highest BCUT2D eigenvalue weighted by molar-refractivity contribution is 5.96. The van der Waals surface area contributed by atoms with E-state index in [1.54, 1.807) is 6.20 Å². The van der Waals surface area contributed by atoms with Gasteiger partial charge in [-0.1, -0.05) is 51.2 Å². The second kappa shape index (κ2) is 13.0. The molecule has 0 radical (unpaired) electrons. The third kappa shape index (κ3) is 7.14. The van der Waals surface area contributed by atoms with Crippen LogP contribution in [-0.4, -0.2) is 45.7 Å². The van der Waals surface area contributed by atoms with Crippen LogP contribution in [0.2, 0.25) is 0 Å². The second-order valence-corrected chi connectivity index (χ2v) is 12.1. The van der Waals surface area contributed by atoms with Crippen molar-refractivity contribution in [3.63, 3.8) is 0 Å². The maximum atomic E-state index is 12.7. The molecule has 8 nitrogen and oxygen atoms in total. The topological polar surface area (TPSA) is 125 Å². The van der Waals surface area contributed by atoms with Gasteiger partial charge in [0, 0.05) is 36.0 Å². The van der Waals surface area contributed by atoms with Gasteiger partial charge in [-0.15, -0.1) is 0 Å². The Hall–Kier alpha value is -3.13. The average Bonchev–Trinajstić information content (AvgIpc) is 3.78. The molecule has 0 spiro atoms. The van der Waals surface area contributed by atoms with Gasteiger partial charge in [-0.25, -0.2) is 9.97 Å². The van der Waals surface area contributed by atoms with E-state index in [-0.39, 0.29) is 18.1 Å². The van der Waals surface area contributed by atoms with Crippen LogP contribution in [0.1, 0.15) is 105 Å². The molecule has 1 aromatic heterocycles. The summed E-state index contributed by atoms with van der Waals surface area (Å²) in [6.07, 6.45) is 13.5. The Labute approximate surface area is 238 Å². The number of anilines is 2.